The Balaban J connectivity index is 2.02. The molecule has 0 aromatic heterocycles. The summed E-state index contributed by atoms with van der Waals surface area (Å²) in [5.41, 5.74) is 0. The van der Waals surface area contributed by atoms with Crippen LogP contribution in [0.25, 0.3) is 0 Å². The highest BCUT2D eigenvalue weighted by Crippen LogP contribution is 2.23. The largest absolute Gasteiger partial charge is 0.307 e. The first kappa shape index (κ1) is 28.9. The van der Waals surface area contributed by atoms with E-state index in [1.165, 1.54) is 102 Å². The number of allylic oxidation sites excluding steroid dienone is 2. The second kappa shape index (κ2) is 18.3. The highest BCUT2D eigenvalue weighted by atomic mass is 16.1. The van der Waals surface area contributed by atoms with Crippen molar-refractivity contribution in [3.8, 4) is 0 Å². The summed E-state index contributed by atoms with van der Waals surface area (Å²) in [6.07, 6.45) is 26.3. The van der Waals surface area contributed by atoms with Crippen LogP contribution in [0.1, 0.15) is 130 Å². The van der Waals surface area contributed by atoms with Gasteiger partial charge in [-0.2, -0.15) is 0 Å². The normalized spacial score (nSPS) is 19.4. The molecule has 0 saturated heterocycles. The number of amides is 1. The zero-order valence-electron chi connectivity index (χ0n) is 22.0. The van der Waals surface area contributed by atoms with E-state index in [-0.39, 0.29) is 12.1 Å². The fraction of sp³-hybridized carbons (Fsp3) is 0.857. The van der Waals surface area contributed by atoms with E-state index in [1.807, 2.05) is 0 Å². The Morgan fingerprint density at radius 2 is 1.44 bits per heavy atom. The molecule has 1 N–H and O–H groups in total. The van der Waals surface area contributed by atoms with Crippen LogP contribution in [-0.2, 0) is 4.79 Å². The quantitative estimate of drug-likeness (QED) is 0.117. The molecule has 1 amide bonds. The molecular weight excluding hydrogens is 394 g/mol. The van der Waals surface area contributed by atoms with Gasteiger partial charge in [0.15, 0.2) is 12.0 Å². The average Bonchev–Trinajstić information content (AvgIpc) is 3.19. The molecule has 0 saturated carbocycles. The van der Waals surface area contributed by atoms with Crippen molar-refractivity contribution in [2.45, 2.75) is 137 Å². The first-order valence-electron chi connectivity index (χ1n) is 13.9. The van der Waals surface area contributed by atoms with Crippen LogP contribution >= 0.6 is 0 Å². The predicted octanol–water partition coefficient (Wildman–Crippen LogP) is 7.54. The van der Waals surface area contributed by atoms with Gasteiger partial charge in [0.2, 0.25) is 5.91 Å². The molecule has 1 aliphatic rings. The lowest BCUT2D eigenvalue weighted by Crippen LogP contribution is -2.62. The minimum absolute atomic E-state index is 0.0570. The summed E-state index contributed by atoms with van der Waals surface area (Å²) in [6.45, 7) is 11.2. The van der Waals surface area contributed by atoms with E-state index in [0.717, 1.165) is 30.5 Å². The number of carbonyl (C=O) groups is 1. The third-order valence-electron chi connectivity index (χ3n) is 7.19. The van der Waals surface area contributed by atoms with Crippen molar-refractivity contribution < 1.29 is 9.28 Å². The number of hydrogen-bond acceptors (Lipinski definition) is 2. The highest BCUT2D eigenvalue weighted by Gasteiger charge is 2.41. The van der Waals surface area contributed by atoms with Crippen molar-refractivity contribution in [3.05, 3.63) is 12.2 Å². The van der Waals surface area contributed by atoms with Gasteiger partial charge in [-0.05, 0) is 39.0 Å². The van der Waals surface area contributed by atoms with Gasteiger partial charge in [0, 0.05) is 20.3 Å². The van der Waals surface area contributed by atoms with Gasteiger partial charge in [-0.1, -0.05) is 83.3 Å². The SMILES string of the molecule is CCCCCCCCCC/C=C/CCCCCCCC1=NCC[N+]1(CC)C(C)NC(C)=O. The minimum Gasteiger partial charge on any atom is -0.307 e. The molecule has 1 aliphatic heterocycles. The van der Waals surface area contributed by atoms with E-state index in [0.29, 0.717) is 0 Å². The number of quaternary nitrogens is 1. The van der Waals surface area contributed by atoms with Crippen molar-refractivity contribution in [2.24, 2.45) is 4.99 Å². The number of carbonyl (C=O) groups excluding carboxylic acids is 1. The van der Waals surface area contributed by atoms with Crippen molar-refractivity contribution in [2.75, 3.05) is 19.6 Å². The Hall–Kier alpha value is -1.16. The summed E-state index contributed by atoms with van der Waals surface area (Å²) >= 11 is 0. The molecule has 2 atom stereocenters. The summed E-state index contributed by atoms with van der Waals surface area (Å²) in [4.78, 5) is 16.4. The van der Waals surface area contributed by atoms with Gasteiger partial charge in [0.1, 0.15) is 6.54 Å². The number of unbranched alkanes of at least 4 members (excludes halogenated alkanes) is 13. The minimum atomic E-state index is 0.0570. The molecule has 0 radical (unpaired) electrons. The van der Waals surface area contributed by atoms with Gasteiger partial charge in [0.05, 0.1) is 13.1 Å². The number of aliphatic imine (C=N–C) groups is 1. The number of amidine groups is 1. The molecule has 0 fully saturated rings. The van der Waals surface area contributed by atoms with Crippen LogP contribution in [0.15, 0.2) is 17.1 Å². The molecule has 4 nitrogen and oxygen atoms in total. The Morgan fingerprint density at radius 1 is 0.906 bits per heavy atom. The smallest absolute Gasteiger partial charge is 0.221 e. The maximum absolute atomic E-state index is 11.5. The fourth-order valence-electron chi connectivity index (χ4n) is 5.09. The fourth-order valence-corrected chi connectivity index (χ4v) is 5.09. The van der Waals surface area contributed by atoms with E-state index in [9.17, 15) is 4.79 Å². The first-order chi connectivity index (χ1) is 15.6. The third kappa shape index (κ3) is 11.6. The van der Waals surface area contributed by atoms with Crippen LogP contribution in [0.5, 0.6) is 0 Å². The van der Waals surface area contributed by atoms with Crippen molar-refractivity contribution >= 4 is 11.7 Å². The number of nitrogens with zero attached hydrogens (tertiary/aromatic N) is 2. The van der Waals surface area contributed by atoms with Crippen LogP contribution in [0.2, 0.25) is 0 Å². The van der Waals surface area contributed by atoms with Gasteiger partial charge in [-0.15, -0.1) is 0 Å². The van der Waals surface area contributed by atoms with Gasteiger partial charge < -0.3 is 5.32 Å². The second-order valence-corrected chi connectivity index (χ2v) is 9.79. The molecule has 4 heteroatoms. The summed E-state index contributed by atoms with van der Waals surface area (Å²) in [6, 6.07) is 0. The van der Waals surface area contributed by atoms with Crippen LogP contribution in [0.3, 0.4) is 0 Å². The monoisotopic (exact) mass is 448 g/mol. The van der Waals surface area contributed by atoms with Crippen LogP contribution in [-0.4, -0.2) is 42.0 Å². The van der Waals surface area contributed by atoms with E-state index in [2.05, 4.69) is 38.2 Å². The van der Waals surface area contributed by atoms with Gasteiger partial charge in [0.25, 0.3) is 0 Å². The molecule has 0 spiro atoms. The molecule has 186 valence electrons. The predicted molar refractivity (Wildman–Crippen MR) is 140 cm³/mol. The van der Waals surface area contributed by atoms with E-state index in [1.54, 1.807) is 6.92 Å². The van der Waals surface area contributed by atoms with Crippen molar-refractivity contribution in [1.82, 2.24) is 5.32 Å². The average molecular weight is 449 g/mol. The molecule has 1 rings (SSSR count). The zero-order chi connectivity index (χ0) is 23.5. The first-order valence-corrected chi connectivity index (χ1v) is 13.9. The molecule has 0 aromatic rings. The molecule has 0 aromatic carbocycles. The Labute approximate surface area is 199 Å². The summed E-state index contributed by atoms with van der Waals surface area (Å²) in [5.74, 6) is 1.36. The van der Waals surface area contributed by atoms with E-state index < -0.39 is 0 Å². The van der Waals surface area contributed by atoms with Crippen molar-refractivity contribution in [3.63, 3.8) is 0 Å². The zero-order valence-corrected chi connectivity index (χ0v) is 22.0. The molecule has 32 heavy (non-hydrogen) atoms. The van der Waals surface area contributed by atoms with Crippen LogP contribution in [0.4, 0.5) is 0 Å². The van der Waals surface area contributed by atoms with Gasteiger partial charge >= 0.3 is 0 Å². The standard InChI is InChI=1S/C28H53N3O/c1-5-7-8-9-10-11-12-13-14-15-16-17-18-19-20-21-22-23-28-29-24-25-31(28,6-2)26(3)30-27(4)32/h15-16,26H,5-14,17-25H2,1-4H3/p+1/b16-15+. The topological polar surface area (TPSA) is 41.5 Å². The maximum Gasteiger partial charge on any atom is 0.221 e. The van der Waals surface area contributed by atoms with Crippen molar-refractivity contribution in [1.29, 1.82) is 0 Å². The Bertz CT molecular complexity index is 543. The number of rotatable bonds is 20. The number of nitrogens with one attached hydrogen (secondary N) is 1. The van der Waals surface area contributed by atoms with E-state index >= 15 is 0 Å². The third-order valence-corrected chi connectivity index (χ3v) is 7.19. The second-order valence-electron chi connectivity index (χ2n) is 9.79. The van der Waals surface area contributed by atoms with Crippen LogP contribution < -0.4 is 5.32 Å². The molecule has 0 aliphatic carbocycles. The molecule has 2 unspecified atom stereocenters. The summed E-state index contributed by atoms with van der Waals surface area (Å²) < 4.78 is 0.850. The summed E-state index contributed by atoms with van der Waals surface area (Å²) in [7, 11) is 0. The Kier molecular flexibility index (Phi) is 16.5. The van der Waals surface area contributed by atoms with E-state index in [4.69, 9.17) is 4.99 Å². The molecule has 1 heterocycles. The summed E-state index contributed by atoms with van der Waals surface area (Å²) in [5, 5.41) is 3.11. The Morgan fingerprint density at radius 3 is 1.97 bits per heavy atom. The maximum atomic E-state index is 11.5. The van der Waals surface area contributed by atoms with Crippen LogP contribution in [0, 0.1) is 0 Å². The lowest BCUT2D eigenvalue weighted by molar-refractivity contribution is -0.861. The van der Waals surface area contributed by atoms with Gasteiger partial charge in [-0.25, -0.2) is 4.99 Å². The molecular formula is C28H54N3O+. The lowest BCUT2D eigenvalue weighted by Gasteiger charge is -2.39. The highest BCUT2D eigenvalue weighted by molar-refractivity contribution is 5.78. The lowest BCUT2D eigenvalue weighted by atomic mass is 10.1. The van der Waals surface area contributed by atoms with Gasteiger partial charge in [-0.3, -0.25) is 9.28 Å². The molecule has 0 bridgehead atoms. The number of hydrogen-bond donors (Lipinski definition) is 1. The number of likely N-dealkylation sites (N-methyl/N-ethyl adjacent to an activating group) is 1.